The maximum atomic E-state index is 11.5. The van der Waals surface area contributed by atoms with Gasteiger partial charge in [-0.3, -0.25) is 9.69 Å². The van der Waals surface area contributed by atoms with Crippen LogP contribution in [-0.2, 0) is 11.3 Å². The number of ether oxygens (including phenoxy) is 1. The molecule has 2 aliphatic heterocycles. The maximum Gasteiger partial charge on any atom is 0.164 e. The van der Waals surface area contributed by atoms with Gasteiger partial charge in [0.05, 0.1) is 6.61 Å². The Morgan fingerprint density at radius 2 is 2.08 bits per heavy atom. The fraction of sp³-hybridized carbons (Fsp3) is 0.524. The second-order valence-electron chi connectivity index (χ2n) is 7.13. The third kappa shape index (κ3) is 5.99. The van der Waals surface area contributed by atoms with E-state index < -0.39 is 0 Å². The fourth-order valence-electron chi connectivity index (χ4n) is 3.41. The maximum absolute atomic E-state index is 11.5. The number of hydrogen-bond acceptors (Lipinski definition) is 5. The molecule has 0 saturated carbocycles. The van der Waals surface area contributed by atoms with Crippen LogP contribution in [0.4, 0.5) is 0 Å². The molecule has 1 N–H and O–H groups in total. The molecule has 0 aromatic heterocycles. The van der Waals surface area contributed by atoms with Gasteiger partial charge in [0.25, 0.3) is 0 Å². The van der Waals surface area contributed by atoms with Crippen molar-refractivity contribution in [3.63, 3.8) is 0 Å². The zero-order valence-electron chi connectivity index (χ0n) is 15.7. The zero-order chi connectivity index (χ0) is 18.2. The molecule has 0 bridgehead atoms. The first-order valence-corrected chi connectivity index (χ1v) is 9.66. The molecule has 2 aliphatic rings. The van der Waals surface area contributed by atoms with Crippen LogP contribution in [0.25, 0.3) is 0 Å². The Morgan fingerprint density at radius 3 is 2.88 bits per heavy atom. The van der Waals surface area contributed by atoms with Crippen LogP contribution in [0, 0.1) is 0 Å². The van der Waals surface area contributed by atoms with Gasteiger partial charge in [0.1, 0.15) is 11.6 Å². The normalized spacial score (nSPS) is 18.3. The third-order valence-electron chi connectivity index (χ3n) is 4.69. The van der Waals surface area contributed by atoms with E-state index in [1.807, 2.05) is 13.0 Å². The number of nitrogens with zero attached hydrogens (tertiary/aromatic N) is 2. The lowest BCUT2D eigenvalue weighted by molar-refractivity contribution is -0.113. The third-order valence-corrected chi connectivity index (χ3v) is 4.69. The summed E-state index contributed by atoms with van der Waals surface area (Å²) in [6.45, 7) is 6.69. The fourth-order valence-corrected chi connectivity index (χ4v) is 3.41. The average molecular weight is 355 g/mol. The highest BCUT2D eigenvalue weighted by atomic mass is 16.5. The average Bonchev–Trinajstić information content (AvgIpc) is 2.62. The first-order valence-electron chi connectivity index (χ1n) is 9.66. The van der Waals surface area contributed by atoms with Crippen LogP contribution < -0.4 is 10.1 Å². The van der Waals surface area contributed by atoms with Crippen LogP contribution in [0.3, 0.4) is 0 Å². The summed E-state index contributed by atoms with van der Waals surface area (Å²) in [5.41, 5.74) is 2.18. The summed E-state index contributed by atoms with van der Waals surface area (Å²) in [4.78, 5) is 18.4. The Kier molecular flexibility index (Phi) is 6.83. The number of piperidine rings is 1. The number of nitrogens with one attached hydrogen (secondary N) is 1. The predicted molar refractivity (Wildman–Crippen MR) is 105 cm³/mol. The Morgan fingerprint density at radius 1 is 1.23 bits per heavy atom. The first-order chi connectivity index (χ1) is 12.7. The van der Waals surface area contributed by atoms with Gasteiger partial charge in [-0.2, -0.15) is 0 Å². The van der Waals surface area contributed by atoms with Crippen molar-refractivity contribution in [2.24, 2.45) is 4.99 Å². The Hall–Kier alpha value is -2.14. The number of rotatable bonds is 8. The standard InChI is InChI=1S/C21H29N3O2/c1-17-13-19(25)15-21(23-17)22-9-6-12-26-20-8-5-7-18(14-20)16-24-10-3-2-4-11-24/h5,7-8,14-15,22H,2-4,6,9-13,16H2,1H3. The number of likely N-dealkylation sites (tertiary alicyclic amines) is 1. The van der Waals surface area contributed by atoms with Gasteiger partial charge < -0.3 is 10.1 Å². The lowest BCUT2D eigenvalue weighted by Crippen LogP contribution is -2.29. The highest BCUT2D eigenvalue weighted by molar-refractivity contribution is 6.08. The van der Waals surface area contributed by atoms with E-state index >= 15 is 0 Å². The van der Waals surface area contributed by atoms with Crippen molar-refractivity contribution in [3.8, 4) is 5.75 Å². The number of aliphatic imine (C=N–C) groups is 1. The summed E-state index contributed by atoms with van der Waals surface area (Å²) in [6.07, 6.45) is 6.86. The number of carbonyl (C=O) groups is 1. The SMILES string of the molecule is CC1=NC(NCCCOc2cccc(CN3CCCCC3)c2)=CC(=O)C1. The van der Waals surface area contributed by atoms with Crippen molar-refractivity contribution in [2.45, 2.75) is 45.6 Å². The predicted octanol–water partition coefficient (Wildman–Crippen LogP) is 3.31. The lowest BCUT2D eigenvalue weighted by atomic mass is 10.1. The van der Waals surface area contributed by atoms with E-state index in [0.717, 1.165) is 31.0 Å². The van der Waals surface area contributed by atoms with E-state index in [-0.39, 0.29) is 5.78 Å². The summed E-state index contributed by atoms with van der Waals surface area (Å²) in [7, 11) is 0. The second kappa shape index (κ2) is 9.53. The highest BCUT2D eigenvalue weighted by Gasteiger charge is 2.11. The summed E-state index contributed by atoms with van der Waals surface area (Å²) < 4.78 is 5.89. The van der Waals surface area contributed by atoms with Crippen LogP contribution in [-0.4, -0.2) is 42.6 Å². The Labute approximate surface area is 156 Å². The van der Waals surface area contributed by atoms with E-state index in [1.165, 1.54) is 37.9 Å². The molecule has 5 nitrogen and oxygen atoms in total. The van der Waals surface area contributed by atoms with Crippen molar-refractivity contribution in [1.29, 1.82) is 0 Å². The quantitative estimate of drug-likeness (QED) is 0.727. The van der Waals surface area contributed by atoms with Crippen LogP contribution in [0.15, 0.2) is 41.2 Å². The van der Waals surface area contributed by atoms with Crippen molar-refractivity contribution >= 4 is 11.5 Å². The van der Waals surface area contributed by atoms with Gasteiger partial charge in [0.15, 0.2) is 5.78 Å². The first kappa shape index (κ1) is 18.6. The molecule has 26 heavy (non-hydrogen) atoms. The van der Waals surface area contributed by atoms with Gasteiger partial charge >= 0.3 is 0 Å². The van der Waals surface area contributed by atoms with Gasteiger partial charge in [-0.05, 0) is 57.0 Å². The molecular weight excluding hydrogens is 326 g/mol. The monoisotopic (exact) mass is 355 g/mol. The molecule has 0 radical (unpaired) electrons. The molecule has 140 valence electrons. The lowest BCUT2D eigenvalue weighted by Gasteiger charge is -2.26. The van der Waals surface area contributed by atoms with Crippen LogP contribution >= 0.6 is 0 Å². The molecule has 0 aliphatic carbocycles. The molecule has 3 rings (SSSR count). The van der Waals surface area contributed by atoms with Crippen molar-refractivity contribution in [1.82, 2.24) is 10.2 Å². The molecular formula is C21H29N3O2. The molecule has 1 fully saturated rings. The van der Waals surface area contributed by atoms with Gasteiger partial charge in [0.2, 0.25) is 0 Å². The van der Waals surface area contributed by atoms with E-state index in [9.17, 15) is 4.79 Å². The minimum absolute atomic E-state index is 0.113. The van der Waals surface area contributed by atoms with E-state index in [2.05, 4.69) is 33.4 Å². The Bertz CT molecular complexity index is 676. The number of benzene rings is 1. The highest BCUT2D eigenvalue weighted by Crippen LogP contribution is 2.17. The summed E-state index contributed by atoms with van der Waals surface area (Å²) in [6, 6.07) is 8.42. The second-order valence-corrected chi connectivity index (χ2v) is 7.13. The van der Waals surface area contributed by atoms with Crippen LogP contribution in [0.5, 0.6) is 5.75 Å². The van der Waals surface area contributed by atoms with Gasteiger partial charge in [-0.1, -0.05) is 18.6 Å². The van der Waals surface area contributed by atoms with Gasteiger partial charge in [-0.15, -0.1) is 0 Å². The van der Waals surface area contributed by atoms with E-state index in [1.54, 1.807) is 6.08 Å². The number of hydrogen-bond donors (Lipinski definition) is 1. The molecule has 0 unspecified atom stereocenters. The van der Waals surface area contributed by atoms with E-state index in [4.69, 9.17) is 4.74 Å². The molecule has 5 heteroatoms. The number of allylic oxidation sites excluding steroid dienone is 1. The number of carbonyl (C=O) groups excluding carboxylic acids is 1. The topological polar surface area (TPSA) is 53.9 Å². The number of ketones is 1. The van der Waals surface area contributed by atoms with Crippen LogP contribution in [0.1, 0.15) is 44.6 Å². The summed E-state index contributed by atoms with van der Waals surface area (Å²) >= 11 is 0. The van der Waals surface area contributed by atoms with Gasteiger partial charge in [-0.25, -0.2) is 4.99 Å². The zero-order valence-corrected chi connectivity index (χ0v) is 15.7. The molecule has 1 aromatic carbocycles. The minimum Gasteiger partial charge on any atom is -0.494 e. The molecule has 1 saturated heterocycles. The molecule has 1 aromatic rings. The smallest absolute Gasteiger partial charge is 0.164 e. The molecule has 2 heterocycles. The van der Waals surface area contributed by atoms with Crippen molar-refractivity contribution in [3.05, 3.63) is 41.7 Å². The van der Waals surface area contributed by atoms with Crippen molar-refractivity contribution in [2.75, 3.05) is 26.2 Å². The van der Waals surface area contributed by atoms with Gasteiger partial charge in [0, 0.05) is 31.3 Å². The van der Waals surface area contributed by atoms with Crippen molar-refractivity contribution < 1.29 is 9.53 Å². The minimum atomic E-state index is 0.113. The molecule has 0 atom stereocenters. The van der Waals surface area contributed by atoms with Crippen LogP contribution in [0.2, 0.25) is 0 Å². The summed E-state index contributed by atoms with van der Waals surface area (Å²) in [5.74, 6) is 1.71. The van der Waals surface area contributed by atoms with E-state index in [0.29, 0.717) is 18.8 Å². The Balaban J connectivity index is 1.38. The molecule has 0 amide bonds. The summed E-state index contributed by atoms with van der Waals surface area (Å²) in [5, 5.41) is 3.20. The molecule has 0 spiro atoms. The largest absolute Gasteiger partial charge is 0.494 e.